The molecular weight excluding hydrogens is 373 g/mol. The summed E-state index contributed by atoms with van der Waals surface area (Å²) in [5.41, 5.74) is 1.81. The monoisotopic (exact) mass is 393 g/mol. The van der Waals surface area contributed by atoms with Gasteiger partial charge in [0.25, 0.3) is 0 Å². The van der Waals surface area contributed by atoms with Crippen LogP contribution in [-0.4, -0.2) is 26.8 Å². The van der Waals surface area contributed by atoms with Gasteiger partial charge in [0.15, 0.2) is 5.17 Å². The number of furan rings is 1. The van der Waals surface area contributed by atoms with Crippen LogP contribution in [0.1, 0.15) is 36.9 Å². The van der Waals surface area contributed by atoms with Crippen LogP contribution in [0.3, 0.4) is 0 Å². The molecule has 0 amide bonds. The van der Waals surface area contributed by atoms with E-state index in [0.717, 1.165) is 40.1 Å². The first-order valence-corrected chi connectivity index (χ1v) is 10.5. The Balaban J connectivity index is 1.55. The smallest absolute Gasteiger partial charge is 0.161 e. The summed E-state index contributed by atoms with van der Waals surface area (Å²) in [4.78, 5) is 12.0. The Labute approximate surface area is 167 Å². The summed E-state index contributed by atoms with van der Waals surface area (Å²) in [5, 5.41) is 1.08. The van der Waals surface area contributed by atoms with Crippen LogP contribution < -0.4 is 0 Å². The maximum atomic E-state index is 13.3. The number of amidine groups is 1. The third-order valence-electron chi connectivity index (χ3n) is 5.38. The van der Waals surface area contributed by atoms with E-state index in [1.165, 1.54) is 12.1 Å². The quantitative estimate of drug-likeness (QED) is 0.590. The number of benzene rings is 1. The molecule has 0 aliphatic carbocycles. The highest BCUT2D eigenvalue weighted by Crippen LogP contribution is 2.49. The van der Waals surface area contributed by atoms with Crippen LogP contribution in [0.4, 0.5) is 4.39 Å². The Morgan fingerprint density at radius 1 is 1.14 bits per heavy atom. The highest BCUT2D eigenvalue weighted by molar-refractivity contribution is 8.14. The van der Waals surface area contributed by atoms with Crippen LogP contribution in [0.25, 0.3) is 11.3 Å². The second-order valence-corrected chi connectivity index (χ2v) is 8.03. The Morgan fingerprint density at radius 2 is 2.00 bits per heavy atom. The molecule has 6 heteroatoms. The van der Waals surface area contributed by atoms with Gasteiger partial charge < -0.3 is 9.32 Å². The number of aliphatic imine (C=N–C) groups is 1. The normalized spacial score (nSPS) is 23.7. The molecule has 5 rings (SSSR count). The average Bonchev–Trinajstić information content (AvgIpc) is 3.44. The van der Waals surface area contributed by atoms with Gasteiger partial charge in [-0.1, -0.05) is 24.8 Å². The molecule has 3 aromatic rings. The van der Waals surface area contributed by atoms with E-state index in [4.69, 9.17) is 9.41 Å². The molecule has 0 saturated carbocycles. The summed E-state index contributed by atoms with van der Waals surface area (Å²) >= 11 is 1.81. The first-order chi connectivity index (χ1) is 13.7. The largest absolute Gasteiger partial charge is 0.459 e. The van der Waals surface area contributed by atoms with Crippen molar-refractivity contribution >= 4 is 16.9 Å². The lowest BCUT2D eigenvalue weighted by molar-refractivity contribution is 0.226. The molecule has 1 fully saturated rings. The Kier molecular flexibility index (Phi) is 4.43. The van der Waals surface area contributed by atoms with E-state index in [2.05, 4.69) is 16.8 Å². The minimum absolute atomic E-state index is 0.0148. The van der Waals surface area contributed by atoms with Crippen molar-refractivity contribution in [3.8, 4) is 11.3 Å². The van der Waals surface area contributed by atoms with E-state index in [1.54, 1.807) is 12.1 Å². The van der Waals surface area contributed by atoms with Gasteiger partial charge in [0, 0.05) is 23.6 Å². The van der Waals surface area contributed by atoms with Gasteiger partial charge >= 0.3 is 0 Å². The van der Waals surface area contributed by atoms with Crippen molar-refractivity contribution in [1.82, 2.24) is 9.88 Å². The summed E-state index contributed by atoms with van der Waals surface area (Å²) in [7, 11) is 0. The first kappa shape index (κ1) is 17.5. The number of hydrogen-bond acceptors (Lipinski definition) is 5. The zero-order valence-electron chi connectivity index (χ0n) is 15.5. The first-order valence-electron chi connectivity index (χ1n) is 9.50. The van der Waals surface area contributed by atoms with Crippen molar-refractivity contribution in [2.45, 2.75) is 31.5 Å². The molecule has 28 heavy (non-hydrogen) atoms. The lowest BCUT2D eigenvalue weighted by Gasteiger charge is -2.30. The van der Waals surface area contributed by atoms with Gasteiger partial charge in [-0.3, -0.25) is 4.98 Å². The molecule has 2 aliphatic heterocycles. The Bertz CT molecular complexity index is 1000. The minimum Gasteiger partial charge on any atom is -0.459 e. The van der Waals surface area contributed by atoms with Crippen LogP contribution in [0, 0.1) is 5.82 Å². The van der Waals surface area contributed by atoms with Crippen LogP contribution in [0.15, 0.2) is 70.2 Å². The van der Waals surface area contributed by atoms with Crippen LogP contribution in [-0.2, 0) is 0 Å². The fraction of sp³-hybridized carbons (Fsp3) is 0.273. The van der Waals surface area contributed by atoms with Gasteiger partial charge in [0.2, 0.25) is 0 Å². The molecule has 2 aliphatic rings. The zero-order valence-corrected chi connectivity index (χ0v) is 16.3. The van der Waals surface area contributed by atoms with Crippen molar-refractivity contribution in [3.05, 3.63) is 78.1 Å². The number of hydrogen-bond donors (Lipinski definition) is 0. The third kappa shape index (κ3) is 2.92. The number of rotatable bonds is 4. The summed E-state index contributed by atoms with van der Waals surface area (Å²) in [6.07, 6.45) is 2.87. The standard InChI is InChI=1S/C22H20FN3OS/c1-2-16-13-28-22-25-20(17-5-3-4-12-24-17)21(26(16)22)19-11-10-18(27-19)14-6-8-15(23)9-7-14/h3-12,16,20-21H,2,13H2,1H3. The third-order valence-corrected chi connectivity index (χ3v) is 6.50. The van der Waals surface area contributed by atoms with E-state index >= 15 is 0 Å². The fourth-order valence-corrected chi connectivity index (χ4v) is 5.28. The van der Waals surface area contributed by atoms with Crippen molar-refractivity contribution in [2.24, 2.45) is 4.99 Å². The minimum atomic E-state index is -0.251. The number of aromatic nitrogens is 1. The van der Waals surface area contributed by atoms with Crippen LogP contribution >= 0.6 is 11.8 Å². The highest BCUT2D eigenvalue weighted by atomic mass is 32.2. The van der Waals surface area contributed by atoms with Crippen molar-refractivity contribution < 1.29 is 8.81 Å². The number of pyridine rings is 1. The molecule has 0 radical (unpaired) electrons. The molecule has 142 valence electrons. The summed E-state index contributed by atoms with van der Waals surface area (Å²) < 4.78 is 19.5. The molecule has 0 spiro atoms. The molecule has 2 aromatic heterocycles. The fourth-order valence-electron chi connectivity index (χ4n) is 3.94. The second kappa shape index (κ2) is 7.09. The number of halogens is 1. The van der Waals surface area contributed by atoms with Crippen molar-refractivity contribution in [3.63, 3.8) is 0 Å². The summed E-state index contributed by atoms with van der Waals surface area (Å²) in [6.45, 7) is 2.21. The van der Waals surface area contributed by atoms with E-state index in [-0.39, 0.29) is 17.9 Å². The molecule has 3 atom stereocenters. The Hall–Kier alpha value is -2.60. The van der Waals surface area contributed by atoms with E-state index in [0.29, 0.717) is 6.04 Å². The maximum Gasteiger partial charge on any atom is 0.161 e. The van der Waals surface area contributed by atoms with Gasteiger partial charge in [-0.25, -0.2) is 9.38 Å². The maximum absolute atomic E-state index is 13.3. The zero-order chi connectivity index (χ0) is 19.1. The SMILES string of the molecule is CCC1CSC2=NC(c3ccccn3)C(c3ccc(-c4ccc(F)cc4)o3)N21. The number of thioether (sulfide) groups is 1. The van der Waals surface area contributed by atoms with Gasteiger partial charge in [-0.15, -0.1) is 0 Å². The van der Waals surface area contributed by atoms with Crippen LogP contribution in [0.2, 0.25) is 0 Å². The summed E-state index contributed by atoms with van der Waals surface area (Å²) in [5.74, 6) is 2.41. The van der Waals surface area contributed by atoms with E-state index in [9.17, 15) is 4.39 Å². The topological polar surface area (TPSA) is 41.6 Å². The highest BCUT2D eigenvalue weighted by Gasteiger charge is 2.46. The van der Waals surface area contributed by atoms with E-state index < -0.39 is 0 Å². The predicted molar refractivity (Wildman–Crippen MR) is 110 cm³/mol. The van der Waals surface area contributed by atoms with Gasteiger partial charge in [-0.2, -0.15) is 0 Å². The molecule has 4 nitrogen and oxygen atoms in total. The lowest BCUT2D eigenvalue weighted by Crippen LogP contribution is -2.35. The molecule has 1 saturated heterocycles. The van der Waals surface area contributed by atoms with Gasteiger partial charge in [0.1, 0.15) is 29.4 Å². The van der Waals surface area contributed by atoms with E-state index in [1.807, 2.05) is 48.3 Å². The number of nitrogens with zero attached hydrogens (tertiary/aromatic N) is 3. The molecule has 3 unspecified atom stereocenters. The summed E-state index contributed by atoms with van der Waals surface area (Å²) in [6, 6.07) is 16.6. The van der Waals surface area contributed by atoms with Gasteiger partial charge in [0.05, 0.1) is 5.69 Å². The predicted octanol–water partition coefficient (Wildman–Crippen LogP) is 5.46. The molecule has 4 heterocycles. The molecular formula is C22H20FN3OS. The molecule has 1 aromatic carbocycles. The Morgan fingerprint density at radius 3 is 2.75 bits per heavy atom. The second-order valence-electron chi connectivity index (χ2n) is 7.05. The van der Waals surface area contributed by atoms with Gasteiger partial charge in [-0.05, 0) is 55.0 Å². The van der Waals surface area contributed by atoms with Crippen LogP contribution in [0.5, 0.6) is 0 Å². The van der Waals surface area contributed by atoms with Crippen molar-refractivity contribution in [1.29, 1.82) is 0 Å². The average molecular weight is 393 g/mol. The molecule has 0 N–H and O–H groups in total. The lowest BCUT2D eigenvalue weighted by atomic mass is 10.0. The molecule has 0 bridgehead atoms. The number of fused-ring (bicyclic) bond motifs is 1. The van der Waals surface area contributed by atoms with Crippen molar-refractivity contribution in [2.75, 3.05) is 5.75 Å².